The molecule has 0 aliphatic carbocycles. The standard InChI is InChI=1S/C13H17N5O3/c1-7-8(2)14-13-16-12(17-18(13)11(7)20)15-10(19)9-3-5-21-6-4-9/h9H,3-6H2,1-2H3,(H2,14,15,16,17,19). The van der Waals surface area contributed by atoms with Crippen LogP contribution in [0.2, 0.25) is 0 Å². The molecule has 1 saturated heterocycles. The third-order valence-corrected chi connectivity index (χ3v) is 3.80. The monoisotopic (exact) mass is 291 g/mol. The van der Waals surface area contributed by atoms with Gasteiger partial charge in [0.05, 0.1) is 0 Å². The Balaban J connectivity index is 1.86. The molecule has 8 heteroatoms. The maximum Gasteiger partial charge on any atom is 0.277 e. The first-order valence-electron chi connectivity index (χ1n) is 6.91. The summed E-state index contributed by atoms with van der Waals surface area (Å²) in [4.78, 5) is 32.6. The van der Waals surface area contributed by atoms with E-state index in [0.29, 0.717) is 37.3 Å². The van der Waals surface area contributed by atoms with Gasteiger partial charge in [-0.15, -0.1) is 0 Å². The van der Waals surface area contributed by atoms with Crippen molar-refractivity contribution in [3.8, 4) is 0 Å². The van der Waals surface area contributed by atoms with E-state index < -0.39 is 0 Å². The topological polar surface area (TPSA) is 101 Å². The summed E-state index contributed by atoms with van der Waals surface area (Å²) in [7, 11) is 0. The Bertz CT molecular complexity index is 742. The lowest BCUT2D eigenvalue weighted by atomic mass is 10.00. The second kappa shape index (κ2) is 5.28. The highest BCUT2D eigenvalue weighted by Crippen LogP contribution is 2.16. The fraction of sp³-hybridized carbons (Fsp3) is 0.538. The second-order valence-electron chi connectivity index (χ2n) is 5.21. The Labute approximate surface area is 120 Å². The minimum atomic E-state index is -0.212. The molecule has 0 bridgehead atoms. The van der Waals surface area contributed by atoms with Crippen molar-refractivity contribution in [3.63, 3.8) is 0 Å². The zero-order valence-electron chi connectivity index (χ0n) is 12.0. The third-order valence-electron chi connectivity index (χ3n) is 3.80. The van der Waals surface area contributed by atoms with Crippen molar-refractivity contribution in [2.75, 3.05) is 18.5 Å². The summed E-state index contributed by atoms with van der Waals surface area (Å²) in [6.45, 7) is 4.65. The number of hydrogen-bond acceptors (Lipinski definition) is 5. The molecule has 3 rings (SSSR count). The van der Waals surface area contributed by atoms with Gasteiger partial charge in [-0.25, -0.2) is 4.98 Å². The second-order valence-corrected chi connectivity index (χ2v) is 5.21. The summed E-state index contributed by atoms with van der Waals surface area (Å²) in [5.74, 6) is 0.297. The number of aromatic amines is 1. The van der Waals surface area contributed by atoms with E-state index in [0.717, 1.165) is 0 Å². The van der Waals surface area contributed by atoms with Crippen LogP contribution < -0.4 is 10.9 Å². The van der Waals surface area contributed by atoms with Crippen molar-refractivity contribution >= 4 is 17.6 Å². The zero-order valence-corrected chi connectivity index (χ0v) is 12.0. The minimum Gasteiger partial charge on any atom is -0.381 e. The van der Waals surface area contributed by atoms with E-state index in [4.69, 9.17) is 4.74 Å². The fourth-order valence-corrected chi connectivity index (χ4v) is 2.34. The predicted molar refractivity (Wildman–Crippen MR) is 75.3 cm³/mol. The summed E-state index contributed by atoms with van der Waals surface area (Å²) < 4.78 is 6.47. The van der Waals surface area contributed by atoms with Gasteiger partial charge in [-0.2, -0.15) is 9.50 Å². The molecule has 3 heterocycles. The fourth-order valence-electron chi connectivity index (χ4n) is 2.34. The summed E-state index contributed by atoms with van der Waals surface area (Å²) in [5.41, 5.74) is 0.976. The van der Waals surface area contributed by atoms with Crippen molar-refractivity contribution in [2.24, 2.45) is 5.92 Å². The largest absolute Gasteiger partial charge is 0.381 e. The maximum atomic E-state index is 12.1. The number of aromatic nitrogens is 4. The molecule has 0 saturated carbocycles. The Morgan fingerprint density at radius 3 is 2.76 bits per heavy atom. The molecule has 0 spiro atoms. The van der Waals surface area contributed by atoms with Crippen LogP contribution in [0.3, 0.4) is 0 Å². The molecule has 0 radical (unpaired) electrons. The molecule has 1 aliphatic rings. The molecule has 0 atom stereocenters. The first kappa shape index (κ1) is 13.7. The van der Waals surface area contributed by atoms with Crippen molar-refractivity contribution in [2.45, 2.75) is 26.7 Å². The number of nitrogens with zero attached hydrogens (tertiary/aromatic N) is 3. The highest BCUT2D eigenvalue weighted by molar-refractivity contribution is 5.91. The highest BCUT2D eigenvalue weighted by atomic mass is 16.5. The first-order valence-corrected chi connectivity index (χ1v) is 6.91. The molecular weight excluding hydrogens is 274 g/mol. The van der Waals surface area contributed by atoms with Crippen LogP contribution in [0.5, 0.6) is 0 Å². The molecule has 2 N–H and O–H groups in total. The van der Waals surface area contributed by atoms with Crippen LogP contribution in [0.15, 0.2) is 4.79 Å². The summed E-state index contributed by atoms with van der Waals surface area (Å²) in [6, 6.07) is 0. The van der Waals surface area contributed by atoms with Gasteiger partial charge in [0.15, 0.2) is 0 Å². The highest BCUT2D eigenvalue weighted by Gasteiger charge is 2.22. The van der Waals surface area contributed by atoms with Crippen LogP contribution in [-0.2, 0) is 9.53 Å². The lowest BCUT2D eigenvalue weighted by molar-refractivity contribution is -0.122. The number of amides is 1. The average molecular weight is 291 g/mol. The molecule has 0 unspecified atom stereocenters. The number of carbonyl (C=O) groups excluding carboxylic acids is 1. The normalized spacial score (nSPS) is 16.3. The number of ether oxygens (including phenoxy) is 1. The van der Waals surface area contributed by atoms with Crippen molar-refractivity contribution in [1.29, 1.82) is 0 Å². The Hall–Kier alpha value is -2.22. The van der Waals surface area contributed by atoms with Gasteiger partial charge < -0.3 is 4.74 Å². The molecule has 0 aromatic carbocycles. The number of H-pyrrole nitrogens is 1. The number of hydrogen-bond donors (Lipinski definition) is 2. The summed E-state index contributed by atoms with van der Waals surface area (Å²) in [6.07, 6.45) is 1.39. The minimum absolute atomic E-state index is 0.0832. The summed E-state index contributed by atoms with van der Waals surface area (Å²) >= 11 is 0. The van der Waals surface area contributed by atoms with Gasteiger partial charge in [0, 0.05) is 30.4 Å². The smallest absolute Gasteiger partial charge is 0.277 e. The predicted octanol–water partition coefficient (Wildman–Crippen LogP) is 0.400. The van der Waals surface area contributed by atoms with E-state index in [9.17, 15) is 9.59 Å². The third kappa shape index (κ3) is 2.54. The number of fused-ring (bicyclic) bond motifs is 1. The van der Waals surface area contributed by atoms with E-state index in [1.807, 2.05) is 0 Å². The van der Waals surface area contributed by atoms with Gasteiger partial charge in [0.25, 0.3) is 11.3 Å². The van der Waals surface area contributed by atoms with Crippen LogP contribution in [0.4, 0.5) is 5.95 Å². The van der Waals surface area contributed by atoms with Crippen LogP contribution in [-0.4, -0.2) is 38.7 Å². The molecule has 2 aromatic heterocycles. The molecule has 1 amide bonds. The van der Waals surface area contributed by atoms with E-state index in [1.165, 1.54) is 4.52 Å². The van der Waals surface area contributed by atoms with E-state index in [1.54, 1.807) is 13.8 Å². The lowest BCUT2D eigenvalue weighted by Crippen LogP contribution is -2.29. The Kier molecular flexibility index (Phi) is 3.46. The van der Waals surface area contributed by atoms with Crippen molar-refractivity contribution in [1.82, 2.24) is 19.6 Å². The van der Waals surface area contributed by atoms with E-state index in [-0.39, 0.29) is 29.1 Å². The van der Waals surface area contributed by atoms with Gasteiger partial charge in [0.1, 0.15) is 0 Å². The van der Waals surface area contributed by atoms with Crippen molar-refractivity contribution in [3.05, 3.63) is 21.6 Å². The first-order chi connectivity index (χ1) is 10.1. The number of anilines is 1. The molecular formula is C13H17N5O3. The van der Waals surface area contributed by atoms with Gasteiger partial charge in [-0.05, 0) is 26.7 Å². The van der Waals surface area contributed by atoms with Crippen LogP contribution in [0.25, 0.3) is 5.78 Å². The molecule has 1 aliphatic heterocycles. The number of nitrogens with one attached hydrogen (secondary N) is 2. The number of aryl methyl sites for hydroxylation is 1. The lowest BCUT2D eigenvalue weighted by Gasteiger charge is -2.20. The molecule has 8 nitrogen and oxygen atoms in total. The van der Waals surface area contributed by atoms with E-state index in [2.05, 4.69) is 20.4 Å². The molecule has 2 aromatic rings. The zero-order chi connectivity index (χ0) is 15.0. The SMILES string of the molecule is Cc1nc2nc(NC(=O)C3CCOCC3)[nH]n2c(=O)c1C. The van der Waals surface area contributed by atoms with Gasteiger partial charge >= 0.3 is 0 Å². The van der Waals surface area contributed by atoms with Gasteiger partial charge in [-0.1, -0.05) is 0 Å². The van der Waals surface area contributed by atoms with Crippen LogP contribution >= 0.6 is 0 Å². The number of rotatable bonds is 2. The van der Waals surface area contributed by atoms with Crippen LogP contribution in [0, 0.1) is 19.8 Å². The molecule has 1 fully saturated rings. The van der Waals surface area contributed by atoms with Gasteiger partial charge in [-0.3, -0.25) is 20.0 Å². The Morgan fingerprint density at radius 2 is 2.05 bits per heavy atom. The van der Waals surface area contributed by atoms with Gasteiger partial charge in [0.2, 0.25) is 11.9 Å². The Morgan fingerprint density at radius 1 is 1.33 bits per heavy atom. The molecule has 21 heavy (non-hydrogen) atoms. The summed E-state index contributed by atoms with van der Waals surface area (Å²) in [5, 5.41) is 5.48. The average Bonchev–Trinajstić information content (AvgIpc) is 2.88. The maximum absolute atomic E-state index is 12.1. The van der Waals surface area contributed by atoms with Crippen molar-refractivity contribution < 1.29 is 9.53 Å². The number of carbonyl (C=O) groups is 1. The quantitative estimate of drug-likeness (QED) is 0.834. The molecule has 112 valence electrons. The van der Waals surface area contributed by atoms with Crippen LogP contribution in [0.1, 0.15) is 24.1 Å². The van der Waals surface area contributed by atoms with E-state index >= 15 is 0 Å².